The second-order valence-electron chi connectivity index (χ2n) is 2.89. The van der Waals surface area contributed by atoms with Crippen molar-refractivity contribution < 1.29 is 0 Å². The van der Waals surface area contributed by atoms with Crippen molar-refractivity contribution in [1.82, 2.24) is 0 Å². The summed E-state index contributed by atoms with van der Waals surface area (Å²) in [7, 11) is 0. The molecule has 0 fully saturated rings. The molecule has 0 atom stereocenters. The zero-order valence-electron chi connectivity index (χ0n) is 11.1. The van der Waals surface area contributed by atoms with Gasteiger partial charge in [-0.25, -0.2) is 0 Å². The van der Waals surface area contributed by atoms with Crippen molar-refractivity contribution in [2.75, 3.05) is 0 Å². The van der Waals surface area contributed by atoms with E-state index in [-0.39, 0.29) is 0 Å². The van der Waals surface area contributed by atoms with Crippen LogP contribution >= 0.6 is 0 Å². The Morgan fingerprint density at radius 1 is 1.08 bits per heavy atom. The van der Waals surface area contributed by atoms with Crippen LogP contribution in [0.5, 0.6) is 0 Å². The highest BCUT2D eigenvalue weighted by Crippen LogP contribution is 2.08. The molecule has 0 spiro atoms. The van der Waals surface area contributed by atoms with E-state index in [0.29, 0.717) is 0 Å². The summed E-state index contributed by atoms with van der Waals surface area (Å²) < 4.78 is 0. The van der Waals surface area contributed by atoms with Gasteiger partial charge in [-0.3, -0.25) is 0 Å². The highest BCUT2D eigenvalue weighted by Gasteiger charge is 1.92. The molecule has 0 aromatic rings. The first-order valence-electron chi connectivity index (χ1n) is 5.85. The van der Waals surface area contributed by atoms with Crippen molar-refractivity contribution in [2.45, 2.75) is 68.2 Å². The molecule has 82 valence electrons. The molecule has 0 saturated carbocycles. The van der Waals surface area contributed by atoms with Crippen LogP contribution in [0.15, 0.2) is 11.6 Å². The number of hydrogen-bond acceptors (Lipinski definition) is 0. The summed E-state index contributed by atoms with van der Waals surface area (Å²) in [5.74, 6) is 0.733. The number of allylic oxidation sites excluding steroid dienone is 2. The van der Waals surface area contributed by atoms with Crippen molar-refractivity contribution in [3.8, 4) is 0 Å². The fraction of sp³-hybridized carbons (Fsp3) is 0.846. The van der Waals surface area contributed by atoms with Crippen molar-refractivity contribution >= 4 is 0 Å². The summed E-state index contributed by atoms with van der Waals surface area (Å²) in [5, 5.41) is 0. The van der Waals surface area contributed by atoms with Crippen LogP contribution in [0.1, 0.15) is 68.2 Å². The van der Waals surface area contributed by atoms with Gasteiger partial charge in [0.25, 0.3) is 0 Å². The smallest absolute Gasteiger partial charge is 0.0263 e. The molecule has 0 nitrogen and oxygen atoms in total. The van der Waals surface area contributed by atoms with E-state index in [1.807, 2.05) is 27.7 Å². The summed E-state index contributed by atoms with van der Waals surface area (Å²) in [6, 6.07) is 0. The SMILES string of the molecule is CC.CC.CCC/C=C(\C)C(C)C. The minimum atomic E-state index is 0.733. The number of hydrogen-bond donors (Lipinski definition) is 0. The lowest BCUT2D eigenvalue weighted by Gasteiger charge is -2.02. The molecule has 0 heterocycles. The quantitative estimate of drug-likeness (QED) is 0.515. The molecule has 13 heavy (non-hydrogen) atoms. The molecule has 0 aliphatic carbocycles. The van der Waals surface area contributed by atoms with Crippen LogP contribution in [0.3, 0.4) is 0 Å². The third kappa shape index (κ3) is 18.6. The fourth-order valence-corrected chi connectivity index (χ4v) is 0.608. The predicted molar refractivity (Wildman–Crippen MR) is 66.2 cm³/mol. The molecule has 0 aliphatic rings. The van der Waals surface area contributed by atoms with Crippen molar-refractivity contribution in [3.05, 3.63) is 11.6 Å². The van der Waals surface area contributed by atoms with Crippen molar-refractivity contribution in [1.29, 1.82) is 0 Å². The minimum absolute atomic E-state index is 0.733. The van der Waals surface area contributed by atoms with Crippen LogP contribution in [0.2, 0.25) is 0 Å². The third-order valence-corrected chi connectivity index (χ3v) is 1.67. The molecule has 0 aromatic carbocycles. The van der Waals surface area contributed by atoms with Gasteiger partial charge in [0.2, 0.25) is 0 Å². The van der Waals surface area contributed by atoms with Crippen LogP contribution in [-0.2, 0) is 0 Å². The summed E-state index contributed by atoms with van der Waals surface area (Å²) in [4.78, 5) is 0. The van der Waals surface area contributed by atoms with Gasteiger partial charge in [0, 0.05) is 0 Å². The second kappa shape index (κ2) is 17.7. The normalized spacial score (nSPS) is 9.77. The highest BCUT2D eigenvalue weighted by atomic mass is 14.0. The van der Waals surface area contributed by atoms with E-state index in [9.17, 15) is 0 Å². The standard InChI is InChI=1S/C9H18.2C2H6/c1-5-6-7-9(4)8(2)3;2*1-2/h7-8H,5-6H2,1-4H3;2*1-2H3/b9-7+;;. The largest absolute Gasteiger partial charge is 0.0854 e. The molecule has 0 aromatic heterocycles. The predicted octanol–water partition coefficient (Wildman–Crippen LogP) is 5.44. The van der Waals surface area contributed by atoms with Crippen LogP contribution in [0.25, 0.3) is 0 Å². The summed E-state index contributed by atoms with van der Waals surface area (Å²) in [6.07, 6.45) is 4.85. The van der Waals surface area contributed by atoms with E-state index in [4.69, 9.17) is 0 Å². The topological polar surface area (TPSA) is 0 Å². The molecule has 0 radical (unpaired) electrons. The lowest BCUT2D eigenvalue weighted by Crippen LogP contribution is -1.87. The van der Waals surface area contributed by atoms with E-state index in [1.54, 1.807) is 0 Å². The maximum absolute atomic E-state index is 2.34. The van der Waals surface area contributed by atoms with Gasteiger partial charge < -0.3 is 0 Å². The molecule has 0 unspecified atom stereocenters. The fourth-order valence-electron chi connectivity index (χ4n) is 0.608. The summed E-state index contributed by atoms with van der Waals surface area (Å²) >= 11 is 0. The van der Waals surface area contributed by atoms with Gasteiger partial charge in [-0.05, 0) is 19.3 Å². The van der Waals surface area contributed by atoms with Crippen LogP contribution < -0.4 is 0 Å². The van der Waals surface area contributed by atoms with Gasteiger partial charge >= 0.3 is 0 Å². The van der Waals surface area contributed by atoms with E-state index in [0.717, 1.165) is 5.92 Å². The van der Waals surface area contributed by atoms with Gasteiger partial charge in [0.1, 0.15) is 0 Å². The number of rotatable bonds is 3. The molecule has 0 rings (SSSR count). The zero-order chi connectivity index (χ0) is 11.3. The molecular formula is C13H30. The Labute approximate surface area is 86.4 Å². The minimum Gasteiger partial charge on any atom is -0.0854 e. The Morgan fingerprint density at radius 2 is 1.46 bits per heavy atom. The van der Waals surface area contributed by atoms with Crippen LogP contribution in [0.4, 0.5) is 0 Å². The van der Waals surface area contributed by atoms with E-state index in [1.165, 1.54) is 18.4 Å². The van der Waals surface area contributed by atoms with Gasteiger partial charge in [-0.1, -0.05) is 66.5 Å². The third-order valence-electron chi connectivity index (χ3n) is 1.67. The molecule has 0 saturated heterocycles. The molecule has 0 bridgehead atoms. The van der Waals surface area contributed by atoms with Crippen LogP contribution in [-0.4, -0.2) is 0 Å². The van der Waals surface area contributed by atoms with Gasteiger partial charge in [-0.15, -0.1) is 0 Å². The average Bonchev–Trinajstić information content (AvgIpc) is 2.20. The molecule has 0 heteroatoms. The van der Waals surface area contributed by atoms with E-state index in [2.05, 4.69) is 33.8 Å². The van der Waals surface area contributed by atoms with Crippen molar-refractivity contribution in [3.63, 3.8) is 0 Å². The lowest BCUT2D eigenvalue weighted by molar-refractivity contribution is 0.757. The Hall–Kier alpha value is -0.260. The van der Waals surface area contributed by atoms with Gasteiger partial charge in [0.15, 0.2) is 0 Å². The molecule has 0 amide bonds. The first-order valence-corrected chi connectivity index (χ1v) is 5.85. The second-order valence-corrected chi connectivity index (χ2v) is 2.89. The van der Waals surface area contributed by atoms with E-state index < -0.39 is 0 Å². The first kappa shape index (κ1) is 18.5. The Bertz CT molecular complexity index is 88.2. The lowest BCUT2D eigenvalue weighted by atomic mass is 10.0. The maximum atomic E-state index is 2.34. The van der Waals surface area contributed by atoms with Crippen LogP contribution in [0, 0.1) is 5.92 Å². The summed E-state index contributed by atoms with van der Waals surface area (Å²) in [5.41, 5.74) is 1.52. The zero-order valence-corrected chi connectivity index (χ0v) is 11.1. The first-order chi connectivity index (χ1) is 6.18. The Balaban J connectivity index is -0.000000218. The molecule has 0 aliphatic heterocycles. The van der Waals surface area contributed by atoms with E-state index >= 15 is 0 Å². The average molecular weight is 186 g/mol. The highest BCUT2D eigenvalue weighted by molar-refractivity contribution is 5.00. The van der Waals surface area contributed by atoms with Gasteiger partial charge in [-0.2, -0.15) is 0 Å². The Kier molecular flexibility index (Phi) is 25.2. The monoisotopic (exact) mass is 186 g/mol. The maximum Gasteiger partial charge on any atom is -0.0263 e. The Morgan fingerprint density at radius 3 is 1.69 bits per heavy atom. The molecular weight excluding hydrogens is 156 g/mol. The summed E-state index contributed by atoms with van der Waals surface area (Å²) in [6.45, 7) is 16.9. The molecule has 0 N–H and O–H groups in total. The van der Waals surface area contributed by atoms with Crippen molar-refractivity contribution in [2.24, 2.45) is 5.92 Å². The number of unbranched alkanes of at least 4 members (excludes halogenated alkanes) is 1. The van der Waals surface area contributed by atoms with Gasteiger partial charge in [0.05, 0.1) is 0 Å².